The molecule has 34 heavy (non-hydrogen) atoms. The maximum absolute atomic E-state index is 12.0. The number of aromatic nitrogens is 2. The summed E-state index contributed by atoms with van der Waals surface area (Å²) >= 11 is 1.56. The number of sulfone groups is 1. The van der Waals surface area contributed by atoms with Crippen molar-refractivity contribution in [3.05, 3.63) is 47.8 Å². The number of hydrogen-bond acceptors (Lipinski definition) is 8. The molecule has 3 aromatic rings. The highest BCUT2D eigenvalue weighted by atomic mass is 32.2. The monoisotopic (exact) mass is 502 g/mol. The number of hydrogen-bond donors (Lipinski definition) is 3. The Balaban J connectivity index is 1.45. The van der Waals surface area contributed by atoms with E-state index in [1.807, 2.05) is 25.1 Å². The Morgan fingerprint density at radius 1 is 1.32 bits per heavy atom. The first kappa shape index (κ1) is 24.2. The number of H-pyrrole nitrogens is 1. The molecule has 0 radical (unpaired) electrons. The maximum Gasteiger partial charge on any atom is 0.221 e. The van der Waals surface area contributed by atoms with Crippen molar-refractivity contribution in [3.63, 3.8) is 0 Å². The van der Waals surface area contributed by atoms with E-state index < -0.39 is 15.9 Å². The SMILES string of the molecule is Cc1cc(Oc2ccc(S(C)(=O)=O)nc2)cc2cc(C3=NCC(CC(=O)NC[C@@H](C)O)S3)[nH]c12. The lowest BCUT2D eigenvalue weighted by Crippen LogP contribution is -2.32. The van der Waals surface area contributed by atoms with Crippen LogP contribution in [0.3, 0.4) is 0 Å². The van der Waals surface area contributed by atoms with Crippen molar-refractivity contribution in [2.24, 2.45) is 4.99 Å². The van der Waals surface area contributed by atoms with E-state index in [1.54, 1.807) is 24.8 Å². The summed E-state index contributed by atoms with van der Waals surface area (Å²) < 4.78 is 29.1. The lowest BCUT2D eigenvalue weighted by atomic mass is 10.1. The number of aryl methyl sites for hydroxylation is 1. The number of aliphatic hydroxyl groups excluding tert-OH is 1. The summed E-state index contributed by atoms with van der Waals surface area (Å²) in [6.07, 6.45) is 2.27. The van der Waals surface area contributed by atoms with Gasteiger partial charge >= 0.3 is 0 Å². The highest BCUT2D eigenvalue weighted by molar-refractivity contribution is 8.15. The van der Waals surface area contributed by atoms with Crippen molar-refractivity contribution in [1.29, 1.82) is 0 Å². The van der Waals surface area contributed by atoms with E-state index in [4.69, 9.17) is 4.74 Å². The summed E-state index contributed by atoms with van der Waals surface area (Å²) in [6, 6.07) is 8.79. The number of pyridine rings is 1. The highest BCUT2D eigenvalue weighted by Crippen LogP contribution is 2.33. The predicted molar refractivity (Wildman–Crippen MR) is 133 cm³/mol. The van der Waals surface area contributed by atoms with Crippen LogP contribution < -0.4 is 10.1 Å². The van der Waals surface area contributed by atoms with Crippen molar-refractivity contribution in [3.8, 4) is 11.5 Å². The molecule has 1 amide bonds. The fourth-order valence-electron chi connectivity index (χ4n) is 3.56. The molecule has 180 valence electrons. The molecule has 0 fully saturated rings. The molecule has 0 saturated heterocycles. The number of nitrogens with one attached hydrogen (secondary N) is 2. The third-order valence-electron chi connectivity index (χ3n) is 5.18. The van der Waals surface area contributed by atoms with Crippen LogP contribution in [0.25, 0.3) is 10.9 Å². The second-order valence-electron chi connectivity index (χ2n) is 8.34. The van der Waals surface area contributed by atoms with Gasteiger partial charge in [-0.15, -0.1) is 0 Å². The maximum atomic E-state index is 12.0. The Morgan fingerprint density at radius 2 is 2.12 bits per heavy atom. The van der Waals surface area contributed by atoms with Crippen LogP contribution in [0.2, 0.25) is 0 Å². The first-order valence-corrected chi connectivity index (χ1v) is 13.5. The zero-order valence-electron chi connectivity index (χ0n) is 19.0. The van der Waals surface area contributed by atoms with Gasteiger partial charge in [-0.25, -0.2) is 13.4 Å². The topological polar surface area (TPSA) is 134 Å². The van der Waals surface area contributed by atoms with Gasteiger partial charge in [0.05, 0.1) is 24.5 Å². The minimum Gasteiger partial charge on any atom is -0.456 e. The molecule has 0 saturated carbocycles. The van der Waals surface area contributed by atoms with Gasteiger partial charge < -0.3 is 20.1 Å². The Morgan fingerprint density at radius 3 is 2.79 bits per heavy atom. The quantitative estimate of drug-likeness (QED) is 0.431. The third-order valence-corrected chi connectivity index (χ3v) is 7.40. The summed E-state index contributed by atoms with van der Waals surface area (Å²) in [5.74, 6) is 0.954. The number of nitrogens with zero attached hydrogens (tertiary/aromatic N) is 2. The van der Waals surface area contributed by atoms with Gasteiger partial charge in [0.25, 0.3) is 0 Å². The van der Waals surface area contributed by atoms with Crippen molar-refractivity contribution in [1.82, 2.24) is 15.3 Å². The van der Waals surface area contributed by atoms with Gasteiger partial charge in [0, 0.05) is 35.4 Å². The molecule has 2 atom stereocenters. The summed E-state index contributed by atoms with van der Waals surface area (Å²) in [5, 5.41) is 13.9. The van der Waals surface area contributed by atoms with Crippen LogP contribution in [0.15, 0.2) is 46.5 Å². The molecule has 1 unspecified atom stereocenters. The number of carbonyl (C=O) groups is 1. The molecule has 3 N–H and O–H groups in total. The zero-order chi connectivity index (χ0) is 24.5. The Labute approximate surface area is 202 Å². The second-order valence-corrected chi connectivity index (χ2v) is 11.6. The molecule has 9 nitrogen and oxygen atoms in total. The van der Waals surface area contributed by atoms with E-state index in [1.165, 1.54) is 12.3 Å². The molecule has 0 spiro atoms. The summed E-state index contributed by atoms with van der Waals surface area (Å²) in [5.41, 5.74) is 2.83. The average Bonchev–Trinajstić information content (AvgIpc) is 3.39. The van der Waals surface area contributed by atoms with Gasteiger partial charge in [-0.3, -0.25) is 9.79 Å². The number of ether oxygens (including phenoxy) is 1. The third kappa shape index (κ3) is 5.78. The molecular weight excluding hydrogens is 476 g/mol. The number of amides is 1. The number of rotatable bonds is 8. The lowest BCUT2D eigenvalue weighted by Gasteiger charge is -2.10. The fraction of sp³-hybridized carbons (Fsp3) is 0.348. The Kier molecular flexibility index (Phi) is 6.96. The van der Waals surface area contributed by atoms with Crippen LogP contribution in [0, 0.1) is 6.92 Å². The Hall–Kier alpha value is -2.89. The minimum atomic E-state index is -3.37. The molecule has 1 aliphatic heterocycles. The number of benzene rings is 1. The number of aromatic amines is 1. The summed E-state index contributed by atoms with van der Waals surface area (Å²) in [7, 11) is -3.37. The van der Waals surface area contributed by atoms with Gasteiger partial charge in [-0.05, 0) is 49.7 Å². The van der Waals surface area contributed by atoms with Crippen molar-refractivity contribution in [2.75, 3.05) is 19.3 Å². The van der Waals surface area contributed by atoms with Crippen LogP contribution in [-0.2, 0) is 14.6 Å². The summed E-state index contributed by atoms with van der Waals surface area (Å²) in [4.78, 5) is 24.0. The van der Waals surface area contributed by atoms with E-state index in [-0.39, 0.29) is 22.7 Å². The first-order chi connectivity index (χ1) is 16.1. The molecule has 3 heterocycles. The standard InChI is InChI=1S/C23H26N4O5S2/c1-13-6-17(32-16-4-5-21(25-11-16)34(3,30)31)7-15-8-19(27-22(13)15)23-26-12-18(33-23)9-20(29)24-10-14(2)28/h4-8,11,14,18,27-28H,9-10,12H2,1-3H3,(H,24,29)/t14-,18?/m1/s1. The number of fused-ring (bicyclic) bond motifs is 1. The van der Waals surface area contributed by atoms with Crippen LogP contribution in [0.4, 0.5) is 0 Å². The summed E-state index contributed by atoms with van der Waals surface area (Å²) in [6.45, 7) is 4.40. The van der Waals surface area contributed by atoms with Crippen LogP contribution in [-0.4, -0.2) is 65.1 Å². The minimum absolute atomic E-state index is 0.00432. The molecule has 4 rings (SSSR count). The predicted octanol–water partition coefficient (Wildman–Crippen LogP) is 2.82. The van der Waals surface area contributed by atoms with Crippen LogP contribution >= 0.6 is 11.8 Å². The molecule has 2 aromatic heterocycles. The molecule has 1 aliphatic rings. The molecular formula is C23H26N4O5S2. The number of thioether (sulfide) groups is 1. The number of carbonyl (C=O) groups excluding carboxylic acids is 1. The van der Waals surface area contributed by atoms with Gasteiger partial charge in [-0.2, -0.15) is 0 Å². The average molecular weight is 503 g/mol. The second kappa shape index (κ2) is 9.77. The van der Waals surface area contributed by atoms with Gasteiger partial charge in [0.2, 0.25) is 5.91 Å². The van der Waals surface area contributed by atoms with E-state index in [2.05, 4.69) is 20.3 Å². The van der Waals surface area contributed by atoms with Gasteiger partial charge in [0.1, 0.15) is 16.5 Å². The van der Waals surface area contributed by atoms with Crippen molar-refractivity contribution >= 4 is 43.5 Å². The lowest BCUT2D eigenvalue weighted by molar-refractivity contribution is -0.121. The van der Waals surface area contributed by atoms with E-state index in [9.17, 15) is 18.3 Å². The first-order valence-electron chi connectivity index (χ1n) is 10.7. The Bertz CT molecular complexity index is 1350. The van der Waals surface area contributed by atoms with Gasteiger partial charge in [0.15, 0.2) is 14.9 Å². The van der Waals surface area contributed by atoms with Crippen molar-refractivity contribution in [2.45, 2.75) is 36.6 Å². The molecule has 1 aromatic carbocycles. The van der Waals surface area contributed by atoms with E-state index in [0.717, 1.165) is 33.5 Å². The smallest absolute Gasteiger partial charge is 0.221 e. The number of aliphatic hydroxyl groups is 1. The van der Waals surface area contributed by atoms with E-state index in [0.29, 0.717) is 24.5 Å². The van der Waals surface area contributed by atoms with Crippen LogP contribution in [0.5, 0.6) is 11.5 Å². The largest absolute Gasteiger partial charge is 0.456 e. The molecule has 0 aliphatic carbocycles. The van der Waals surface area contributed by atoms with E-state index >= 15 is 0 Å². The van der Waals surface area contributed by atoms with Crippen LogP contribution in [0.1, 0.15) is 24.6 Å². The normalized spacial score (nSPS) is 16.9. The number of aliphatic imine (C=N–C) groups is 1. The highest BCUT2D eigenvalue weighted by Gasteiger charge is 2.24. The molecule has 11 heteroatoms. The zero-order valence-corrected chi connectivity index (χ0v) is 20.7. The molecule has 0 bridgehead atoms. The van der Waals surface area contributed by atoms with Gasteiger partial charge in [-0.1, -0.05) is 11.8 Å². The fourth-order valence-corrected chi connectivity index (χ4v) is 5.21. The van der Waals surface area contributed by atoms with Crippen molar-refractivity contribution < 1.29 is 23.1 Å².